The van der Waals surface area contributed by atoms with E-state index in [1.165, 1.54) is 5.69 Å². The van der Waals surface area contributed by atoms with Crippen LogP contribution in [0.4, 0.5) is 5.69 Å². The molecule has 0 atom stereocenters. The second-order valence-corrected chi connectivity index (χ2v) is 6.08. The molecule has 94 valence electrons. The first-order valence-corrected chi connectivity index (χ1v) is 7.99. The fourth-order valence-corrected chi connectivity index (χ4v) is 2.27. The van der Waals surface area contributed by atoms with E-state index in [9.17, 15) is 4.79 Å². The van der Waals surface area contributed by atoms with Crippen LogP contribution < -0.4 is 4.90 Å². The zero-order chi connectivity index (χ0) is 12.8. The summed E-state index contributed by atoms with van der Waals surface area (Å²) in [7, 11) is 0.0515. The smallest absolute Gasteiger partial charge is 0.191 e. The maximum Gasteiger partial charge on any atom is 0.191 e. The number of carbonyl (C=O) groups is 1. The van der Waals surface area contributed by atoms with Crippen molar-refractivity contribution >= 4 is 27.3 Å². The Morgan fingerprint density at radius 1 is 1.18 bits per heavy atom. The molecular weight excluding hydrogens is 230 g/mol. The van der Waals surface area contributed by atoms with E-state index >= 15 is 0 Å². The summed E-state index contributed by atoms with van der Waals surface area (Å²) in [6.45, 7) is 6.25. The van der Waals surface area contributed by atoms with E-state index in [4.69, 9.17) is 0 Å². The van der Waals surface area contributed by atoms with Crippen molar-refractivity contribution in [1.29, 1.82) is 0 Å². The second-order valence-electron chi connectivity index (χ2n) is 4.08. The minimum Gasteiger partial charge on any atom is -0.372 e. The summed E-state index contributed by atoms with van der Waals surface area (Å²) in [6.07, 6.45) is 4.09. The molecular formula is C14H21NOS. The third-order valence-electron chi connectivity index (χ3n) is 2.62. The lowest BCUT2D eigenvalue weighted by atomic mass is 10.1. The van der Waals surface area contributed by atoms with Crippen molar-refractivity contribution in [1.82, 2.24) is 0 Å². The average Bonchev–Trinajstić information content (AvgIpc) is 2.30. The Labute approximate surface area is 107 Å². The molecule has 0 unspecified atom stereocenters. The Kier molecular flexibility index (Phi) is 5.42. The zero-order valence-electron chi connectivity index (χ0n) is 11.1. The highest BCUT2D eigenvalue weighted by molar-refractivity contribution is 8.14. The normalized spacial score (nSPS) is 10.4. The lowest BCUT2D eigenvalue weighted by molar-refractivity contribution is 0.107. The van der Waals surface area contributed by atoms with Gasteiger partial charge in [0.1, 0.15) is 0 Å². The van der Waals surface area contributed by atoms with E-state index < -0.39 is 0 Å². The molecule has 0 amide bonds. The first kappa shape index (κ1) is 14.0. The molecule has 1 rings (SSSR count). The lowest BCUT2D eigenvalue weighted by Crippen LogP contribution is -2.21. The number of anilines is 1. The Balaban J connectivity index is 2.88. The van der Waals surface area contributed by atoms with Gasteiger partial charge in [-0.1, -0.05) is 0 Å². The Morgan fingerprint density at radius 2 is 1.71 bits per heavy atom. The molecule has 2 nitrogen and oxygen atoms in total. The monoisotopic (exact) mass is 251 g/mol. The van der Waals surface area contributed by atoms with Gasteiger partial charge in [0.25, 0.3) is 0 Å². The van der Waals surface area contributed by atoms with Gasteiger partial charge in [0.15, 0.2) is 5.78 Å². The van der Waals surface area contributed by atoms with Crippen molar-refractivity contribution < 1.29 is 4.79 Å². The molecule has 17 heavy (non-hydrogen) atoms. The van der Waals surface area contributed by atoms with E-state index in [1.54, 1.807) is 5.37 Å². The quantitative estimate of drug-likeness (QED) is 0.592. The number of hydrogen-bond acceptors (Lipinski definition) is 2. The van der Waals surface area contributed by atoms with E-state index in [1.807, 2.05) is 36.8 Å². The van der Waals surface area contributed by atoms with Gasteiger partial charge in [-0.25, -0.2) is 0 Å². The Bertz CT molecular complexity index is 401. The van der Waals surface area contributed by atoms with Crippen LogP contribution in [0.5, 0.6) is 0 Å². The molecule has 0 aliphatic heterocycles. The van der Waals surface area contributed by atoms with Crippen molar-refractivity contribution in [2.45, 2.75) is 13.8 Å². The number of hydrogen-bond donors (Lipinski definition) is 0. The number of benzene rings is 1. The van der Waals surface area contributed by atoms with E-state index in [0.29, 0.717) is 0 Å². The van der Waals surface area contributed by atoms with Gasteiger partial charge < -0.3 is 4.90 Å². The molecule has 0 heterocycles. The van der Waals surface area contributed by atoms with Crippen LogP contribution in [-0.2, 0) is 0 Å². The summed E-state index contributed by atoms with van der Waals surface area (Å²) in [5.41, 5.74) is 1.96. The van der Waals surface area contributed by atoms with Gasteiger partial charge in [0.2, 0.25) is 0 Å². The Hall–Kier alpha value is -1.09. The van der Waals surface area contributed by atoms with E-state index in [0.717, 1.165) is 18.7 Å². The molecule has 0 saturated carbocycles. The number of carbonyl (C=O) groups excluding carboxylic acids is 1. The summed E-state index contributed by atoms with van der Waals surface area (Å²) in [4.78, 5) is 14.1. The van der Waals surface area contributed by atoms with Gasteiger partial charge >= 0.3 is 0 Å². The molecule has 0 saturated heterocycles. The van der Waals surface area contributed by atoms with Crippen LogP contribution in [0.1, 0.15) is 24.2 Å². The van der Waals surface area contributed by atoms with Crippen molar-refractivity contribution in [3.05, 3.63) is 29.8 Å². The molecule has 0 fully saturated rings. The first-order valence-electron chi connectivity index (χ1n) is 5.89. The van der Waals surface area contributed by atoms with Crippen molar-refractivity contribution in [2.75, 3.05) is 30.5 Å². The summed E-state index contributed by atoms with van der Waals surface area (Å²) in [5, 5.41) is 1.78. The number of nitrogens with zero attached hydrogens (tertiary/aromatic N) is 1. The highest BCUT2D eigenvalue weighted by Crippen LogP contribution is 2.15. The summed E-state index contributed by atoms with van der Waals surface area (Å²) < 4.78 is 0. The molecule has 0 aliphatic rings. The molecule has 0 aliphatic carbocycles. The van der Waals surface area contributed by atoms with Crippen LogP contribution >= 0.6 is 10.5 Å². The largest absolute Gasteiger partial charge is 0.372 e. The standard InChI is InChI=1S/C14H21NOS/c1-5-15(6-2)13-9-7-12(8-10-13)14(16)11-17(3)4/h7-11H,5-6H2,1-4H3. The minimum absolute atomic E-state index is 0.0515. The minimum atomic E-state index is 0.0515. The fourth-order valence-electron chi connectivity index (χ4n) is 1.71. The van der Waals surface area contributed by atoms with E-state index in [-0.39, 0.29) is 16.3 Å². The molecule has 0 aromatic heterocycles. The first-order chi connectivity index (χ1) is 8.08. The van der Waals surface area contributed by atoms with Gasteiger partial charge in [-0.2, -0.15) is 10.5 Å². The molecule has 0 spiro atoms. The third-order valence-corrected chi connectivity index (χ3v) is 3.31. The van der Waals surface area contributed by atoms with Crippen molar-refractivity contribution in [3.63, 3.8) is 0 Å². The predicted molar refractivity (Wildman–Crippen MR) is 79.8 cm³/mol. The van der Waals surface area contributed by atoms with E-state index in [2.05, 4.69) is 18.7 Å². The highest BCUT2D eigenvalue weighted by atomic mass is 32.2. The SMILES string of the molecule is CCN(CC)c1ccc(C(=O)C=S(C)C)cc1. The topological polar surface area (TPSA) is 20.3 Å². The van der Waals surface area contributed by atoms with Crippen molar-refractivity contribution in [3.8, 4) is 0 Å². The molecule has 1 aromatic rings. The summed E-state index contributed by atoms with van der Waals surface area (Å²) in [6, 6.07) is 7.88. The Morgan fingerprint density at radius 3 is 2.12 bits per heavy atom. The number of Topliss-reactive ketones (excluding diaryl/α,β-unsaturated/α-hetero) is 1. The molecule has 0 radical (unpaired) electrons. The fraction of sp³-hybridized carbons (Fsp3) is 0.429. The maximum atomic E-state index is 11.8. The molecule has 1 aromatic carbocycles. The van der Waals surface area contributed by atoms with Crippen LogP contribution in [0.3, 0.4) is 0 Å². The van der Waals surface area contributed by atoms with Crippen LogP contribution in [0.25, 0.3) is 0 Å². The van der Waals surface area contributed by atoms with Gasteiger partial charge in [-0.05, 0) is 50.6 Å². The van der Waals surface area contributed by atoms with Crippen LogP contribution in [0.2, 0.25) is 0 Å². The van der Waals surface area contributed by atoms with Crippen molar-refractivity contribution in [2.24, 2.45) is 0 Å². The molecule has 3 heteroatoms. The molecule has 0 N–H and O–H groups in total. The average molecular weight is 251 g/mol. The number of ketones is 1. The zero-order valence-corrected chi connectivity index (χ0v) is 11.9. The van der Waals surface area contributed by atoms with Crippen LogP contribution in [0, 0.1) is 0 Å². The highest BCUT2D eigenvalue weighted by Gasteiger charge is 2.04. The summed E-state index contributed by atoms with van der Waals surface area (Å²) >= 11 is 0. The van der Waals surface area contributed by atoms with Gasteiger partial charge in [-0.3, -0.25) is 4.79 Å². The maximum absolute atomic E-state index is 11.8. The van der Waals surface area contributed by atoms with Gasteiger partial charge in [0.05, 0.1) is 0 Å². The predicted octanol–water partition coefficient (Wildman–Crippen LogP) is 3.05. The number of rotatable bonds is 5. The van der Waals surface area contributed by atoms with Gasteiger partial charge in [-0.15, -0.1) is 0 Å². The summed E-state index contributed by atoms with van der Waals surface area (Å²) in [5.74, 6) is 0.129. The second kappa shape index (κ2) is 6.60. The lowest BCUT2D eigenvalue weighted by Gasteiger charge is -2.20. The van der Waals surface area contributed by atoms with Gasteiger partial charge in [0, 0.05) is 29.7 Å². The van der Waals surface area contributed by atoms with Crippen LogP contribution in [-0.4, -0.2) is 36.8 Å². The molecule has 0 bridgehead atoms. The third kappa shape index (κ3) is 4.00. The van der Waals surface area contributed by atoms with Crippen LogP contribution in [0.15, 0.2) is 24.3 Å².